The number of carbonyl (C=O) groups is 2. The Morgan fingerprint density at radius 2 is 1.03 bits per heavy atom. The molecule has 16 nitrogen and oxygen atoms in total. The number of nitrogens with zero attached hydrogens (tertiary/aromatic N) is 12. The molecule has 6 heterocycles. The van der Waals surface area contributed by atoms with Gasteiger partial charge in [0.05, 0.1) is 11.4 Å². The molecule has 61 heavy (non-hydrogen) atoms. The van der Waals surface area contributed by atoms with Crippen molar-refractivity contribution in [2.45, 2.75) is 41.5 Å². The Morgan fingerprint density at radius 3 is 1.44 bits per heavy atom. The number of amides is 2. The van der Waals surface area contributed by atoms with E-state index in [1.807, 2.05) is 55.7 Å². The highest BCUT2D eigenvalue weighted by atomic mass is 35.5. The van der Waals surface area contributed by atoms with Gasteiger partial charge in [0.2, 0.25) is 11.8 Å². The summed E-state index contributed by atoms with van der Waals surface area (Å²) in [6, 6.07) is 19.4. The Labute approximate surface area is 358 Å². The van der Waals surface area contributed by atoms with Gasteiger partial charge >= 0.3 is 0 Å². The summed E-state index contributed by atoms with van der Waals surface area (Å²) in [6.07, 6.45) is 0. The highest BCUT2D eigenvalue weighted by Crippen LogP contribution is 2.24. The number of aromatic nitrogens is 8. The van der Waals surface area contributed by atoms with Gasteiger partial charge in [-0.25, -0.2) is 18.1 Å². The molecule has 0 bridgehead atoms. The van der Waals surface area contributed by atoms with Crippen molar-refractivity contribution in [1.82, 2.24) is 49.3 Å². The van der Waals surface area contributed by atoms with Crippen molar-refractivity contribution in [1.29, 1.82) is 0 Å². The summed E-state index contributed by atoms with van der Waals surface area (Å²) in [5.41, 5.74) is 10.2. The van der Waals surface area contributed by atoms with Gasteiger partial charge in [-0.1, -0.05) is 11.6 Å². The SMILES string of the molecule is CC(=O)N1CCN(c2cc(Cl)nc(-n3nc(C)cc3C)n2)CC1.CC(=O)N1CCN(c2cc(Nc3ccc(F)cc3)nc(-n3nc(C)cc3C)n2)CC1.Nc1ccc(F)cc1. The maximum atomic E-state index is 13.3. The maximum Gasteiger partial charge on any atom is 0.254 e. The molecular formula is C42H49ClF2N14O2. The van der Waals surface area contributed by atoms with Crippen LogP contribution in [0, 0.1) is 39.3 Å². The molecule has 4 aromatic heterocycles. The summed E-state index contributed by atoms with van der Waals surface area (Å²) in [7, 11) is 0. The molecule has 320 valence electrons. The second-order valence-electron chi connectivity index (χ2n) is 14.6. The molecule has 0 saturated carbocycles. The highest BCUT2D eigenvalue weighted by Gasteiger charge is 2.23. The topological polar surface area (TPSA) is 172 Å². The van der Waals surface area contributed by atoms with E-state index in [0.717, 1.165) is 53.2 Å². The first kappa shape index (κ1) is 43.9. The van der Waals surface area contributed by atoms with Gasteiger partial charge in [0.15, 0.2) is 0 Å². The van der Waals surface area contributed by atoms with Crippen LogP contribution in [0.4, 0.5) is 37.6 Å². The monoisotopic (exact) mass is 854 g/mol. The van der Waals surface area contributed by atoms with Crippen LogP contribution >= 0.6 is 11.6 Å². The Balaban J connectivity index is 0.000000177. The number of carbonyl (C=O) groups excluding carboxylic acids is 2. The lowest BCUT2D eigenvalue weighted by atomic mass is 10.3. The molecule has 2 aliphatic heterocycles. The van der Waals surface area contributed by atoms with Crippen molar-refractivity contribution >= 4 is 52.2 Å². The fraction of sp³-hybridized carbons (Fsp3) is 0.333. The quantitative estimate of drug-likeness (QED) is 0.152. The van der Waals surface area contributed by atoms with Crippen LogP contribution < -0.4 is 20.9 Å². The van der Waals surface area contributed by atoms with Gasteiger partial charge in [0.25, 0.3) is 11.9 Å². The zero-order valence-electron chi connectivity index (χ0n) is 35.0. The van der Waals surface area contributed by atoms with E-state index in [9.17, 15) is 18.4 Å². The van der Waals surface area contributed by atoms with Gasteiger partial charge in [-0.15, -0.1) is 0 Å². The van der Waals surface area contributed by atoms with Crippen LogP contribution in [0.15, 0.2) is 72.8 Å². The summed E-state index contributed by atoms with van der Waals surface area (Å²) < 4.78 is 28.7. The van der Waals surface area contributed by atoms with E-state index in [1.54, 1.807) is 41.4 Å². The lowest BCUT2D eigenvalue weighted by Gasteiger charge is -2.35. The number of benzene rings is 2. The Kier molecular flexibility index (Phi) is 14.1. The zero-order valence-corrected chi connectivity index (χ0v) is 35.7. The van der Waals surface area contributed by atoms with Crippen molar-refractivity contribution in [2.75, 3.05) is 73.2 Å². The number of nitrogens with one attached hydrogen (secondary N) is 1. The van der Waals surface area contributed by atoms with E-state index in [1.165, 1.54) is 36.4 Å². The number of anilines is 5. The average molecular weight is 855 g/mol. The summed E-state index contributed by atoms with van der Waals surface area (Å²) in [5, 5.41) is 12.5. The molecule has 6 aromatic rings. The first-order valence-electron chi connectivity index (χ1n) is 19.7. The van der Waals surface area contributed by atoms with Crippen molar-refractivity contribution in [2.24, 2.45) is 0 Å². The number of rotatable bonds is 6. The minimum atomic E-state index is -0.296. The van der Waals surface area contributed by atoms with Crippen LogP contribution in [0.2, 0.25) is 5.15 Å². The normalized spacial score (nSPS) is 13.9. The predicted molar refractivity (Wildman–Crippen MR) is 232 cm³/mol. The zero-order chi connectivity index (χ0) is 43.8. The molecule has 2 aromatic carbocycles. The Morgan fingerprint density at radius 1 is 0.607 bits per heavy atom. The first-order valence-corrected chi connectivity index (χ1v) is 20.0. The second kappa shape index (κ2) is 19.6. The molecule has 2 saturated heterocycles. The molecule has 3 N–H and O–H groups in total. The van der Waals surface area contributed by atoms with Crippen LogP contribution in [0.5, 0.6) is 0 Å². The molecule has 0 aliphatic carbocycles. The summed E-state index contributed by atoms with van der Waals surface area (Å²) in [6.45, 7) is 16.4. The standard InChI is InChI=1S/C21H24FN7O.C15H19ClN6O.C6H6FN/c1-14-12-15(2)29(26-14)21-24-19(23-18-6-4-17(22)5-7-18)13-20(25-21)28-10-8-27(9-11-28)16(3)30;1-10-8-11(2)22(19-10)15-17-13(16)9-14(18-15)21-6-4-20(5-7-21)12(3)23;7-5-1-3-6(8)4-2-5/h4-7,12-13H,8-11H2,1-3H3,(H,23,24,25);8-9H,4-7H2,1-3H3;1-4H,8H2. The smallest absolute Gasteiger partial charge is 0.254 e. The van der Waals surface area contributed by atoms with Gasteiger partial charge in [-0.3, -0.25) is 9.59 Å². The number of hydrogen-bond acceptors (Lipinski definition) is 12. The van der Waals surface area contributed by atoms with E-state index in [4.69, 9.17) is 22.3 Å². The van der Waals surface area contributed by atoms with Gasteiger partial charge in [0.1, 0.15) is 34.2 Å². The highest BCUT2D eigenvalue weighted by molar-refractivity contribution is 6.29. The third-order valence-corrected chi connectivity index (χ3v) is 10.0. The summed E-state index contributed by atoms with van der Waals surface area (Å²) >= 11 is 6.17. The van der Waals surface area contributed by atoms with Crippen LogP contribution in [-0.4, -0.2) is 113 Å². The fourth-order valence-corrected chi connectivity index (χ4v) is 6.87. The molecule has 0 radical (unpaired) electrons. The number of nitrogens with two attached hydrogens (primary N) is 1. The third kappa shape index (κ3) is 11.7. The lowest BCUT2D eigenvalue weighted by Crippen LogP contribution is -2.48. The van der Waals surface area contributed by atoms with Crippen LogP contribution in [0.1, 0.15) is 36.6 Å². The van der Waals surface area contributed by atoms with Gasteiger partial charge < -0.3 is 30.7 Å². The van der Waals surface area contributed by atoms with E-state index >= 15 is 0 Å². The Hall–Kier alpha value is -6.69. The number of piperazine rings is 2. The first-order chi connectivity index (χ1) is 29.1. The summed E-state index contributed by atoms with van der Waals surface area (Å²) in [5.74, 6) is 2.66. The van der Waals surface area contributed by atoms with Crippen molar-refractivity contribution < 1.29 is 18.4 Å². The Bertz CT molecular complexity index is 2420. The van der Waals surface area contributed by atoms with Crippen molar-refractivity contribution in [3.63, 3.8) is 0 Å². The number of hydrogen-bond donors (Lipinski definition) is 2. The van der Waals surface area contributed by atoms with E-state index < -0.39 is 0 Å². The predicted octanol–water partition coefficient (Wildman–Crippen LogP) is 5.84. The third-order valence-electron chi connectivity index (χ3n) is 9.85. The van der Waals surface area contributed by atoms with E-state index in [0.29, 0.717) is 67.8 Å². The lowest BCUT2D eigenvalue weighted by molar-refractivity contribution is -0.129. The molecule has 0 spiro atoms. The average Bonchev–Trinajstić information content (AvgIpc) is 3.77. The largest absolute Gasteiger partial charge is 0.399 e. The van der Waals surface area contributed by atoms with Gasteiger partial charge in [-0.2, -0.15) is 30.1 Å². The fourth-order valence-electron chi connectivity index (χ4n) is 6.70. The van der Waals surface area contributed by atoms with Gasteiger partial charge in [0, 0.05) is 101 Å². The number of halogens is 3. The minimum absolute atomic E-state index is 0.0827. The second-order valence-corrected chi connectivity index (χ2v) is 15.0. The molecule has 2 aliphatic rings. The van der Waals surface area contributed by atoms with Gasteiger partial charge in [-0.05, 0) is 88.4 Å². The molecule has 19 heteroatoms. The number of nitrogen functional groups attached to an aromatic ring is 1. The minimum Gasteiger partial charge on any atom is -0.399 e. The van der Waals surface area contributed by atoms with Crippen LogP contribution in [0.25, 0.3) is 11.9 Å². The maximum absolute atomic E-state index is 13.3. The molecule has 2 fully saturated rings. The molecule has 0 unspecified atom stereocenters. The molecule has 8 rings (SSSR count). The van der Waals surface area contributed by atoms with E-state index in [-0.39, 0.29) is 23.4 Å². The molecular weight excluding hydrogens is 806 g/mol. The van der Waals surface area contributed by atoms with Crippen LogP contribution in [-0.2, 0) is 9.59 Å². The molecule has 0 atom stereocenters. The van der Waals surface area contributed by atoms with Crippen LogP contribution in [0.3, 0.4) is 0 Å². The van der Waals surface area contributed by atoms with Crippen molar-refractivity contribution in [3.05, 3.63) is 112 Å². The number of aryl methyl sites for hydroxylation is 4. The molecule has 2 amide bonds. The van der Waals surface area contributed by atoms with E-state index in [2.05, 4.69) is 40.3 Å². The summed E-state index contributed by atoms with van der Waals surface area (Å²) in [4.78, 5) is 49.2. The van der Waals surface area contributed by atoms with Crippen molar-refractivity contribution in [3.8, 4) is 11.9 Å².